The van der Waals surface area contributed by atoms with Crippen LogP contribution in [-0.4, -0.2) is 105 Å². The number of allylic oxidation sites excluding steroid dienone is 3. The Morgan fingerprint density at radius 3 is 1.78 bits per heavy atom. The van der Waals surface area contributed by atoms with Gasteiger partial charge in [0.05, 0.1) is 38.9 Å². The second-order valence-corrected chi connectivity index (χ2v) is 20.3. The lowest BCUT2D eigenvalue weighted by atomic mass is 10.0. The predicted molar refractivity (Wildman–Crippen MR) is 277 cm³/mol. The Morgan fingerprint density at radius 2 is 1.19 bits per heavy atom. The molecule has 0 fully saturated rings. The number of aromatic carboxylic acids is 1. The first-order valence-corrected chi connectivity index (χ1v) is 26.0. The van der Waals surface area contributed by atoms with Crippen LogP contribution in [0.3, 0.4) is 0 Å². The lowest BCUT2D eigenvalue weighted by molar-refractivity contribution is -0.134. The Hall–Kier alpha value is -9.72. The van der Waals surface area contributed by atoms with E-state index in [0.717, 1.165) is 59.6 Å². The number of anilines is 8. The van der Waals surface area contributed by atoms with Crippen LogP contribution < -0.4 is 26.4 Å². The molecule has 9 N–H and O–H groups in total. The number of hydrazone groups is 2. The quantitative estimate of drug-likeness (QED) is 0.0111. The van der Waals surface area contributed by atoms with Crippen molar-refractivity contribution < 1.29 is 68.3 Å². The third kappa shape index (κ3) is 13.0. The number of aromatic nitrogens is 3. The van der Waals surface area contributed by atoms with Crippen LogP contribution >= 0.6 is 0 Å². The highest BCUT2D eigenvalue weighted by atomic mass is 32.2. The van der Waals surface area contributed by atoms with E-state index >= 15 is 0 Å². The summed E-state index contributed by atoms with van der Waals surface area (Å²) >= 11 is 0. The average Bonchev–Trinajstić information content (AvgIpc) is 3.73. The van der Waals surface area contributed by atoms with Crippen molar-refractivity contribution in [1.82, 2.24) is 15.0 Å². The standard InChI is InChI=1S/C47H36N12O15S3/c1-25-41(57-56-37-19-18-34(75(66,67)68)24-35(37)43(62)63)42(61)59(58-25)33-17-10-27(40(23-33)77(72,73)74)8-7-26-9-11-31(22-39(26)76(69,70)71)50-47-52-45(48-28-5-3-2-4-6-28)51-46(53-47)49-29-12-14-30(15-13-29)54-55-32-16-20-38(60)36(21-32)44(64)65/h2-24,41,54H,1H3,(H,62,63)(H,64,65)(H,66,67,68)(H,69,70,71)(H,72,73,74)(H3,48,49,50,51,52,53)/b8-7+,55-32+,57-56?. The van der Waals surface area contributed by atoms with E-state index in [-0.39, 0.29) is 57.5 Å². The molecule has 0 bridgehead atoms. The number of carbonyl (C=O) groups excluding carboxylic acids is 2. The smallest absolute Gasteiger partial charge is 0.339 e. The van der Waals surface area contributed by atoms with Crippen molar-refractivity contribution in [2.75, 3.05) is 26.4 Å². The van der Waals surface area contributed by atoms with Gasteiger partial charge >= 0.3 is 11.9 Å². The van der Waals surface area contributed by atoms with Crippen LogP contribution in [0, 0.1) is 0 Å². The summed E-state index contributed by atoms with van der Waals surface area (Å²) in [5, 5.41) is 44.5. The highest BCUT2D eigenvalue weighted by Crippen LogP contribution is 2.32. The second kappa shape index (κ2) is 21.6. The molecule has 30 heteroatoms. The molecule has 1 atom stereocenters. The van der Waals surface area contributed by atoms with Crippen molar-refractivity contribution >= 4 is 130 Å². The average molecular weight is 1110 g/mol. The van der Waals surface area contributed by atoms with E-state index in [9.17, 15) is 68.3 Å². The highest BCUT2D eigenvalue weighted by Gasteiger charge is 2.36. The van der Waals surface area contributed by atoms with Crippen LogP contribution in [0.5, 0.6) is 0 Å². The monoisotopic (exact) mass is 1100 g/mol. The zero-order valence-electron chi connectivity index (χ0n) is 39.0. The fourth-order valence-electron chi connectivity index (χ4n) is 7.06. The van der Waals surface area contributed by atoms with Gasteiger partial charge in [0.2, 0.25) is 17.8 Å². The lowest BCUT2D eigenvalue weighted by Crippen LogP contribution is -2.29. The van der Waals surface area contributed by atoms with Gasteiger partial charge in [-0.15, -0.1) is 0 Å². The minimum absolute atomic E-state index is 0.00196. The number of amides is 1. The summed E-state index contributed by atoms with van der Waals surface area (Å²) < 4.78 is 104. The molecule has 1 unspecified atom stereocenters. The molecule has 0 radical (unpaired) electrons. The van der Waals surface area contributed by atoms with Gasteiger partial charge in [0.1, 0.15) is 15.4 Å². The number of carboxylic acid groups (broad SMARTS) is 2. The van der Waals surface area contributed by atoms with Gasteiger partial charge in [0.25, 0.3) is 36.3 Å². The molecule has 0 saturated carbocycles. The fourth-order valence-corrected chi connectivity index (χ4v) is 8.98. The van der Waals surface area contributed by atoms with Gasteiger partial charge in [-0.2, -0.15) is 65.6 Å². The summed E-state index contributed by atoms with van der Waals surface area (Å²) in [7, 11) is -14.9. The number of para-hydroxylation sites is 1. The topological polar surface area (TPSA) is 411 Å². The molecule has 1 aliphatic carbocycles. The Morgan fingerprint density at radius 1 is 0.636 bits per heavy atom. The molecule has 1 amide bonds. The minimum atomic E-state index is -5.09. The molecule has 1 aromatic heterocycles. The van der Waals surface area contributed by atoms with Crippen molar-refractivity contribution in [3.8, 4) is 0 Å². The highest BCUT2D eigenvalue weighted by molar-refractivity contribution is 7.86. The summed E-state index contributed by atoms with van der Waals surface area (Å²) in [5.74, 6) is -4.66. The zero-order valence-corrected chi connectivity index (χ0v) is 41.4. The second-order valence-electron chi connectivity index (χ2n) is 16.1. The Kier molecular flexibility index (Phi) is 15.0. The van der Waals surface area contributed by atoms with Gasteiger partial charge in [-0.05, 0) is 115 Å². The summed E-state index contributed by atoms with van der Waals surface area (Å²) in [6, 6.07) is 23.3. The Balaban J connectivity index is 1.02. The van der Waals surface area contributed by atoms with Crippen molar-refractivity contribution in [3.05, 3.63) is 150 Å². The third-order valence-corrected chi connectivity index (χ3v) is 13.4. The van der Waals surface area contributed by atoms with E-state index < -0.39 is 85.8 Å². The van der Waals surface area contributed by atoms with Gasteiger partial charge in [0.15, 0.2) is 11.8 Å². The molecule has 2 heterocycles. The molecule has 6 aromatic rings. The number of hydrogen-bond donors (Lipinski definition) is 9. The van der Waals surface area contributed by atoms with E-state index in [1.54, 1.807) is 54.6 Å². The Labute approximate surface area is 435 Å². The number of aliphatic carboxylic acids is 1. The van der Waals surface area contributed by atoms with Crippen molar-refractivity contribution in [2.24, 2.45) is 20.4 Å². The van der Waals surface area contributed by atoms with Crippen LogP contribution in [0.25, 0.3) is 12.2 Å². The number of nitrogens with zero attached hydrogens (tertiary/aromatic N) is 8. The van der Waals surface area contributed by atoms with Crippen LogP contribution in [0.2, 0.25) is 0 Å². The first kappa shape index (κ1) is 53.6. The molecule has 0 spiro atoms. The maximum absolute atomic E-state index is 13.5. The van der Waals surface area contributed by atoms with Crippen molar-refractivity contribution in [3.63, 3.8) is 0 Å². The summed E-state index contributed by atoms with van der Waals surface area (Å²) in [6.45, 7) is 1.36. The number of azo groups is 1. The first-order valence-electron chi connectivity index (χ1n) is 21.7. The molecule has 2 aliphatic rings. The van der Waals surface area contributed by atoms with Gasteiger partial charge in [0, 0.05) is 17.1 Å². The van der Waals surface area contributed by atoms with Gasteiger partial charge in [-0.25, -0.2) is 9.59 Å². The number of carboxylic acids is 2. The van der Waals surface area contributed by atoms with Crippen LogP contribution in [0.1, 0.15) is 28.4 Å². The summed E-state index contributed by atoms with van der Waals surface area (Å²) in [4.78, 5) is 59.6. The molecular weight excluding hydrogens is 1070 g/mol. The van der Waals surface area contributed by atoms with Gasteiger partial charge in [-0.3, -0.25) is 28.7 Å². The van der Waals surface area contributed by atoms with E-state index in [0.29, 0.717) is 23.1 Å². The SMILES string of the molecule is CC1=NN(c2ccc(/C=C/c3ccc(Nc4nc(Nc5ccccc5)nc(Nc5ccc(N/N=C6\C=CC(=O)C(C(=O)O)=C6)cc5)n4)cc3S(=O)(=O)O)c(S(=O)(=O)O)c2)C(=O)C1N=Nc1ccc(S(=O)(=O)O)cc1C(=O)O. The van der Waals surface area contributed by atoms with Gasteiger partial charge in [-0.1, -0.05) is 42.5 Å². The molecule has 27 nitrogen and oxygen atoms in total. The van der Waals surface area contributed by atoms with Crippen LogP contribution in [0.4, 0.5) is 52.0 Å². The molecule has 0 saturated heterocycles. The lowest BCUT2D eigenvalue weighted by Gasteiger charge is -2.15. The maximum atomic E-state index is 13.5. The van der Waals surface area contributed by atoms with E-state index in [2.05, 4.69) is 56.8 Å². The van der Waals surface area contributed by atoms with E-state index in [1.807, 2.05) is 0 Å². The van der Waals surface area contributed by atoms with E-state index in [1.165, 1.54) is 31.2 Å². The number of carbonyl (C=O) groups is 4. The maximum Gasteiger partial charge on any atom is 0.339 e. The minimum Gasteiger partial charge on any atom is -0.478 e. The summed E-state index contributed by atoms with van der Waals surface area (Å²) in [5.41, 5.74) is 2.52. The number of nitrogens with one attached hydrogen (secondary N) is 4. The predicted octanol–water partition coefficient (Wildman–Crippen LogP) is 6.50. The van der Waals surface area contributed by atoms with Crippen LogP contribution in [0.15, 0.2) is 168 Å². The van der Waals surface area contributed by atoms with Crippen molar-refractivity contribution in [1.29, 1.82) is 0 Å². The van der Waals surface area contributed by atoms with Crippen LogP contribution in [-0.2, 0) is 44.7 Å². The first-order chi connectivity index (χ1) is 36.4. The van der Waals surface area contributed by atoms with Crippen molar-refractivity contribution in [2.45, 2.75) is 27.7 Å². The summed E-state index contributed by atoms with van der Waals surface area (Å²) in [6.07, 6.45) is 5.83. The molecule has 392 valence electrons. The number of ketones is 1. The largest absolute Gasteiger partial charge is 0.478 e. The normalized spacial score (nSPS) is 15.5. The number of rotatable bonds is 18. The number of benzene rings is 5. The fraction of sp³-hybridized carbons (Fsp3) is 0.0426. The van der Waals surface area contributed by atoms with Gasteiger partial charge < -0.3 is 26.2 Å². The molecule has 5 aromatic carbocycles. The Bertz CT molecular complexity index is 3980. The molecule has 1 aliphatic heterocycles. The van der Waals surface area contributed by atoms with E-state index in [4.69, 9.17) is 0 Å². The third-order valence-electron chi connectivity index (χ3n) is 10.7. The zero-order chi connectivity index (χ0) is 55.4. The molecular formula is C47H36N12O15S3. The molecule has 77 heavy (non-hydrogen) atoms. The molecule has 8 rings (SSSR count). The number of hydrogen-bond acceptors (Lipinski definition) is 21.